The molecule has 1 fully saturated rings. The second kappa shape index (κ2) is 9.87. The molecule has 24 heavy (non-hydrogen) atoms. The highest BCUT2D eigenvalue weighted by Gasteiger charge is 2.21. The maximum absolute atomic E-state index is 12.1. The summed E-state index contributed by atoms with van der Waals surface area (Å²) in [4.78, 5) is 12.1. The van der Waals surface area contributed by atoms with Gasteiger partial charge in [0, 0.05) is 18.5 Å². The van der Waals surface area contributed by atoms with Gasteiger partial charge in [0.2, 0.25) is 5.91 Å². The number of aryl methyl sites for hydroxylation is 1. The van der Waals surface area contributed by atoms with Gasteiger partial charge in [0.05, 0.1) is 19.3 Å². The van der Waals surface area contributed by atoms with Gasteiger partial charge in [-0.25, -0.2) is 0 Å². The molecule has 0 bridgehead atoms. The number of carbonyl (C=O) groups is 1. The monoisotopic (exact) mass is 356 g/mol. The van der Waals surface area contributed by atoms with Gasteiger partial charge in [0.25, 0.3) is 0 Å². The molecular weight excluding hydrogens is 328 g/mol. The lowest BCUT2D eigenvalue weighted by atomic mass is 9.99. The third kappa shape index (κ3) is 5.65. The first-order valence-corrected chi connectivity index (χ1v) is 8.38. The molecule has 6 heteroatoms. The zero-order valence-electron chi connectivity index (χ0n) is 14.7. The summed E-state index contributed by atoms with van der Waals surface area (Å²) in [7, 11) is 0. The molecule has 1 aromatic carbocycles. The molecule has 0 spiro atoms. The third-order valence-corrected chi connectivity index (χ3v) is 4.42. The van der Waals surface area contributed by atoms with E-state index in [1.165, 1.54) is 0 Å². The van der Waals surface area contributed by atoms with Crippen molar-refractivity contribution in [3.05, 3.63) is 29.3 Å². The van der Waals surface area contributed by atoms with Crippen LogP contribution in [-0.2, 0) is 16.1 Å². The van der Waals surface area contributed by atoms with Crippen molar-refractivity contribution in [2.24, 2.45) is 11.7 Å². The van der Waals surface area contributed by atoms with E-state index in [4.69, 9.17) is 15.2 Å². The van der Waals surface area contributed by atoms with E-state index in [1.54, 1.807) is 0 Å². The maximum atomic E-state index is 12.1. The number of amides is 1. The minimum Gasteiger partial charge on any atom is -0.488 e. The Labute approximate surface area is 150 Å². The Balaban J connectivity index is 0.00000288. The SMILES string of the molecule is CCC(C)C(N)C(=O)NCc1ccc(C)cc1OC1CCOC1.Cl. The van der Waals surface area contributed by atoms with Gasteiger partial charge >= 0.3 is 0 Å². The average molecular weight is 357 g/mol. The lowest BCUT2D eigenvalue weighted by molar-refractivity contribution is -0.123. The van der Waals surface area contributed by atoms with Crippen molar-refractivity contribution in [3.63, 3.8) is 0 Å². The molecule has 0 radical (unpaired) electrons. The normalized spacial score (nSPS) is 19.2. The number of halogens is 1. The van der Waals surface area contributed by atoms with Crippen molar-refractivity contribution in [3.8, 4) is 5.75 Å². The van der Waals surface area contributed by atoms with Crippen LogP contribution in [0.5, 0.6) is 5.75 Å². The number of carbonyl (C=O) groups excluding carboxylic acids is 1. The van der Waals surface area contributed by atoms with Crippen LogP contribution in [0.1, 0.15) is 37.8 Å². The molecule has 1 aliphatic rings. The van der Waals surface area contributed by atoms with Crippen LogP contribution in [0, 0.1) is 12.8 Å². The summed E-state index contributed by atoms with van der Waals surface area (Å²) in [5.41, 5.74) is 8.06. The van der Waals surface area contributed by atoms with Gasteiger partial charge in [-0.1, -0.05) is 32.4 Å². The van der Waals surface area contributed by atoms with Crippen LogP contribution in [0.2, 0.25) is 0 Å². The van der Waals surface area contributed by atoms with Crippen molar-refractivity contribution in [1.82, 2.24) is 5.32 Å². The number of nitrogens with two attached hydrogens (primary N) is 1. The first-order valence-electron chi connectivity index (χ1n) is 8.38. The quantitative estimate of drug-likeness (QED) is 0.787. The number of rotatable bonds is 7. The van der Waals surface area contributed by atoms with Crippen molar-refractivity contribution >= 4 is 18.3 Å². The average Bonchev–Trinajstić information content (AvgIpc) is 3.05. The number of hydrogen-bond donors (Lipinski definition) is 2. The molecule has 1 saturated heterocycles. The first-order chi connectivity index (χ1) is 11.0. The van der Waals surface area contributed by atoms with E-state index in [9.17, 15) is 4.79 Å². The minimum atomic E-state index is -0.474. The lowest BCUT2D eigenvalue weighted by Crippen LogP contribution is -2.44. The number of nitrogens with one attached hydrogen (secondary N) is 1. The molecule has 0 aromatic heterocycles. The van der Waals surface area contributed by atoms with E-state index < -0.39 is 6.04 Å². The summed E-state index contributed by atoms with van der Waals surface area (Å²) in [5, 5.41) is 2.92. The summed E-state index contributed by atoms with van der Waals surface area (Å²) < 4.78 is 11.4. The Morgan fingerprint density at radius 2 is 2.25 bits per heavy atom. The summed E-state index contributed by atoms with van der Waals surface area (Å²) in [6, 6.07) is 5.55. The highest BCUT2D eigenvalue weighted by molar-refractivity contribution is 5.85. The number of benzene rings is 1. The fourth-order valence-electron chi connectivity index (χ4n) is 2.52. The Hall–Kier alpha value is -1.30. The molecule has 3 N–H and O–H groups in total. The van der Waals surface area contributed by atoms with Crippen molar-refractivity contribution < 1.29 is 14.3 Å². The molecule has 3 atom stereocenters. The van der Waals surface area contributed by atoms with Gasteiger partial charge in [-0.2, -0.15) is 0 Å². The Bertz CT molecular complexity index is 533. The van der Waals surface area contributed by atoms with Crippen LogP contribution in [0.15, 0.2) is 18.2 Å². The third-order valence-electron chi connectivity index (χ3n) is 4.42. The Kier molecular flexibility index (Phi) is 8.53. The molecule has 136 valence electrons. The topological polar surface area (TPSA) is 73.6 Å². The van der Waals surface area contributed by atoms with Crippen LogP contribution in [0.25, 0.3) is 0 Å². The van der Waals surface area contributed by atoms with E-state index in [0.717, 1.165) is 36.3 Å². The summed E-state index contributed by atoms with van der Waals surface area (Å²) in [6.45, 7) is 7.84. The zero-order chi connectivity index (χ0) is 16.8. The van der Waals surface area contributed by atoms with E-state index in [1.807, 2.05) is 39.0 Å². The predicted octanol–water partition coefficient (Wildman–Crippen LogP) is 2.57. The lowest BCUT2D eigenvalue weighted by Gasteiger charge is -2.19. The van der Waals surface area contributed by atoms with Gasteiger partial charge in [-0.15, -0.1) is 12.4 Å². The van der Waals surface area contributed by atoms with Crippen LogP contribution >= 0.6 is 12.4 Å². The van der Waals surface area contributed by atoms with Crippen LogP contribution < -0.4 is 15.8 Å². The highest BCUT2D eigenvalue weighted by Crippen LogP contribution is 2.24. The van der Waals surface area contributed by atoms with E-state index >= 15 is 0 Å². The first kappa shape index (κ1) is 20.7. The van der Waals surface area contributed by atoms with E-state index in [-0.39, 0.29) is 30.3 Å². The minimum absolute atomic E-state index is 0. The highest BCUT2D eigenvalue weighted by atomic mass is 35.5. The van der Waals surface area contributed by atoms with Gasteiger partial charge in [-0.3, -0.25) is 4.79 Å². The smallest absolute Gasteiger partial charge is 0.237 e. The van der Waals surface area contributed by atoms with Crippen LogP contribution in [-0.4, -0.2) is 31.3 Å². The molecule has 3 unspecified atom stereocenters. The Morgan fingerprint density at radius 3 is 2.88 bits per heavy atom. The molecule has 1 aromatic rings. The number of hydrogen-bond acceptors (Lipinski definition) is 4. The summed E-state index contributed by atoms with van der Waals surface area (Å²) in [5.74, 6) is 0.868. The number of ether oxygens (including phenoxy) is 2. The predicted molar refractivity (Wildman–Crippen MR) is 97.6 cm³/mol. The second-order valence-electron chi connectivity index (χ2n) is 6.34. The van der Waals surface area contributed by atoms with Crippen LogP contribution in [0.4, 0.5) is 0 Å². The standard InChI is InChI=1S/C18H28N2O3.ClH/c1-4-13(3)17(19)18(21)20-10-14-6-5-12(2)9-16(14)23-15-7-8-22-11-15;/h5-6,9,13,15,17H,4,7-8,10-11,19H2,1-3H3,(H,20,21);1H. The van der Waals surface area contributed by atoms with E-state index in [2.05, 4.69) is 5.32 Å². The molecule has 0 aliphatic carbocycles. The molecule has 1 amide bonds. The maximum Gasteiger partial charge on any atom is 0.237 e. The Morgan fingerprint density at radius 1 is 1.50 bits per heavy atom. The zero-order valence-corrected chi connectivity index (χ0v) is 15.5. The van der Waals surface area contributed by atoms with Gasteiger partial charge < -0.3 is 20.5 Å². The molecule has 2 rings (SSSR count). The summed E-state index contributed by atoms with van der Waals surface area (Å²) >= 11 is 0. The van der Waals surface area contributed by atoms with Gasteiger partial charge in [-0.05, 0) is 24.5 Å². The summed E-state index contributed by atoms with van der Waals surface area (Å²) in [6.07, 6.45) is 1.88. The van der Waals surface area contributed by atoms with Crippen molar-refractivity contribution in [1.29, 1.82) is 0 Å². The van der Waals surface area contributed by atoms with Gasteiger partial charge in [0.1, 0.15) is 11.9 Å². The molecule has 1 aliphatic heterocycles. The van der Waals surface area contributed by atoms with Crippen molar-refractivity contribution in [2.75, 3.05) is 13.2 Å². The molecule has 5 nitrogen and oxygen atoms in total. The van der Waals surface area contributed by atoms with Crippen LogP contribution in [0.3, 0.4) is 0 Å². The fraction of sp³-hybridized carbons (Fsp3) is 0.611. The van der Waals surface area contributed by atoms with Crippen molar-refractivity contribution in [2.45, 2.75) is 52.3 Å². The molecule has 1 heterocycles. The molecule has 0 saturated carbocycles. The largest absolute Gasteiger partial charge is 0.488 e. The fourth-order valence-corrected chi connectivity index (χ4v) is 2.52. The van der Waals surface area contributed by atoms with Gasteiger partial charge in [0.15, 0.2) is 0 Å². The second-order valence-corrected chi connectivity index (χ2v) is 6.34. The molecular formula is C18H29ClN2O3. The van der Waals surface area contributed by atoms with E-state index in [0.29, 0.717) is 13.2 Å².